The third kappa shape index (κ3) is 2.35. The molecule has 2 aliphatic carbocycles. The second-order valence-electron chi connectivity index (χ2n) is 7.54. The Bertz CT molecular complexity index is 371. The van der Waals surface area contributed by atoms with E-state index < -0.39 is 5.60 Å². The summed E-state index contributed by atoms with van der Waals surface area (Å²) >= 11 is 14.1. The molecule has 0 amide bonds. The molecule has 2 rings (SSSR count). The maximum atomic E-state index is 11.4. The van der Waals surface area contributed by atoms with Crippen LogP contribution in [0.4, 0.5) is 0 Å². The lowest BCUT2D eigenvalue weighted by atomic mass is 9.55. The first-order chi connectivity index (χ1) is 8.46. The van der Waals surface area contributed by atoms with E-state index in [0.717, 1.165) is 32.1 Å². The molecule has 112 valence electrons. The quantitative estimate of drug-likeness (QED) is 0.579. The van der Waals surface area contributed by atoms with E-state index in [1.54, 1.807) is 0 Å². The molecule has 2 aliphatic rings. The maximum absolute atomic E-state index is 11.4. The first-order valence-electron chi connectivity index (χ1n) is 7.16. The van der Waals surface area contributed by atoms with Gasteiger partial charge in [-0.3, -0.25) is 0 Å². The highest BCUT2D eigenvalue weighted by molar-refractivity contribution is 9.09. The summed E-state index contributed by atoms with van der Waals surface area (Å²) in [4.78, 5) is 0.411. The van der Waals surface area contributed by atoms with Gasteiger partial charge in [-0.15, -0.1) is 11.6 Å². The fraction of sp³-hybridized carbons (Fsp3) is 1.00. The molecule has 19 heavy (non-hydrogen) atoms. The molecule has 0 aromatic carbocycles. The zero-order valence-electron chi connectivity index (χ0n) is 12.3. The Morgan fingerprint density at radius 3 is 2.00 bits per heavy atom. The zero-order chi connectivity index (χ0) is 14.7. The van der Waals surface area contributed by atoms with Gasteiger partial charge in [0, 0.05) is 15.1 Å². The topological polar surface area (TPSA) is 20.2 Å². The number of hydrogen-bond acceptors (Lipinski definition) is 1. The van der Waals surface area contributed by atoms with Gasteiger partial charge in [0.2, 0.25) is 0 Å². The van der Waals surface area contributed by atoms with E-state index in [9.17, 15) is 5.11 Å². The largest absolute Gasteiger partial charge is 0.389 e. The smallest absolute Gasteiger partial charge is 0.0718 e. The van der Waals surface area contributed by atoms with Crippen LogP contribution in [0.3, 0.4) is 0 Å². The lowest BCUT2D eigenvalue weighted by Crippen LogP contribution is -2.58. The highest BCUT2D eigenvalue weighted by Crippen LogP contribution is 2.64. The minimum absolute atomic E-state index is 0.0619. The van der Waals surface area contributed by atoms with Crippen LogP contribution in [0.25, 0.3) is 0 Å². The van der Waals surface area contributed by atoms with Crippen molar-refractivity contribution in [2.24, 2.45) is 10.8 Å². The van der Waals surface area contributed by atoms with Crippen LogP contribution in [-0.2, 0) is 0 Å². The predicted octanol–water partition coefficient (Wildman–Crippen LogP) is 5.25. The third-order valence-electron chi connectivity index (χ3n) is 6.33. The molecule has 4 heteroatoms. The zero-order valence-corrected chi connectivity index (χ0v) is 16.2. The average molecular weight is 417 g/mol. The summed E-state index contributed by atoms with van der Waals surface area (Å²) in [7, 11) is 0. The van der Waals surface area contributed by atoms with Crippen molar-refractivity contribution < 1.29 is 5.11 Å². The fourth-order valence-electron chi connectivity index (χ4n) is 4.00. The van der Waals surface area contributed by atoms with E-state index in [1.165, 1.54) is 0 Å². The summed E-state index contributed by atoms with van der Waals surface area (Å²) in [6, 6.07) is 0. The fourth-order valence-corrected chi connectivity index (χ4v) is 5.67. The number of aliphatic hydroxyl groups is 1. The van der Waals surface area contributed by atoms with Crippen LogP contribution in [0.2, 0.25) is 0 Å². The molecular formula is C15H25Br2ClO. The van der Waals surface area contributed by atoms with Gasteiger partial charge in [0.15, 0.2) is 0 Å². The summed E-state index contributed by atoms with van der Waals surface area (Å²) in [5.74, 6) is 0. The van der Waals surface area contributed by atoms with E-state index in [2.05, 4.69) is 59.6 Å². The molecule has 2 saturated carbocycles. The van der Waals surface area contributed by atoms with Gasteiger partial charge in [0.1, 0.15) is 0 Å². The van der Waals surface area contributed by atoms with Gasteiger partial charge in [-0.2, -0.15) is 0 Å². The van der Waals surface area contributed by atoms with Gasteiger partial charge in [-0.1, -0.05) is 52.6 Å². The number of halogens is 3. The van der Waals surface area contributed by atoms with Gasteiger partial charge in [-0.05, 0) is 44.4 Å². The highest BCUT2D eigenvalue weighted by Gasteiger charge is 2.63. The van der Waals surface area contributed by atoms with Gasteiger partial charge in [-0.25, -0.2) is 0 Å². The van der Waals surface area contributed by atoms with Crippen molar-refractivity contribution in [3.8, 4) is 0 Å². The highest BCUT2D eigenvalue weighted by atomic mass is 79.9. The van der Waals surface area contributed by atoms with Crippen molar-refractivity contribution in [3.05, 3.63) is 0 Å². The summed E-state index contributed by atoms with van der Waals surface area (Å²) in [5.41, 5.74) is -0.594. The normalized spacial score (nSPS) is 54.3. The van der Waals surface area contributed by atoms with Crippen molar-refractivity contribution in [3.63, 3.8) is 0 Å². The molecule has 0 aromatic heterocycles. The summed E-state index contributed by atoms with van der Waals surface area (Å²) in [6.07, 6.45) is 4.61. The average Bonchev–Trinajstić information content (AvgIpc) is 2.50. The lowest BCUT2D eigenvalue weighted by Gasteiger charge is -2.56. The van der Waals surface area contributed by atoms with E-state index in [0.29, 0.717) is 4.83 Å². The van der Waals surface area contributed by atoms with Crippen LogP contribution in [0.5, 0.6) is 0 Å². The molecule has 2 fully saturated rings. The molecule has 0 spiro atoms. The second kappa shape index (κ2) is 4.86. The van der Waals surface area contributed by atoms with Gasteiger partial charge in [0.05, 0.1) is 10.5 Å². The Labute approximate surface area is 139 Å². The Morgan fingerprint density at radius 1 is 1.00 bits per heavy atom. The first-order valence-corrected chi connectivity index (χ1v) is 9.37. The van der Waals surface area contributed by atoms with Gasteiger partial charge >= 0.3 is 0 Å². The van der Waals surface area contributed by atoms with Gasteiger partial charge in [0.25, 0.3) is 0 Å². The van der Waals surface area contributed by atoms with Crippen molar-refractivity contribution in [2.75, 3.05) is 0 Å². The Morgan fingerprint density at radius 2 is 1.58 bits per heavy atom. The minimum atomic E-state index is -0.623. The molecule has 0 aromatic rings. The number of hydrogen-bond donors (Lipinski definition) is 1. The maximum Gasteiger partial charge on any atom is 0.0718 e. The van der Waals surface area contributed by atoms with Gasteiger partial charge < -0.3 is 5.11 Å². The molecule has 0 unspecified atom stereocenters. The minimum Gasteiger partial charge on any atom is -0.389 e. The molecule has 5 atom stereocenters. The molecule has 0 radical (unpaired) electrons. The monoisotopic (exact) mass is 414 g/mol. The molecule has 0 heterocycles. The SMILES string of the molecule is CC1(C)[C@@H](Br)CC[C@@]1(C)[C@@]1(O)CC[C@](C)(Cl)[C@@H](Br)C1. The van der Waals surface area contributed by atoms with Crippen LogP contribution in [0.1, 0.15) is 59.8 Å². The van der Waals surface area contributed by atoms with E-state index >= 15 is 0 Å². The molecule has 0 aliphatic heterocycles. The van der Waals surface area contributed by atoms with Crippen molar-refractivity contribution >= 4 is 43.5 Å². The van der Waals surface area contributed by atoms with Crippen molar-refractivity contribution in [2.45, 2.75) is 79.9 Å². The van der Waals surface area contributed by atoms with Crippen LogP contribution in [-0.4, -0.2) is 25.2 Å². The molecular weight excluding hydrogens is 391 g/mol. The van der Waals surface area contributed by atoms with Crippen LogP contribution in [0, 0.1) is 10.8 Å². The summed E-state index contributed by atoms with van der Waals surface area (Å²) in [6.45, 7) is 8.91. The first kappa shape index (κ1) is 16.6. The summed E-state index contributed by atoms with van der Waals surface area (Å²) < 4.78 is 0. The third-order valence-corrected chi connectivity index (χ3v) is 9.98. The van der Waals surface area contributed by atoms with Crippen molar-refractivity contribution in [1.29, 1.82) is 0 Å². The van der Waals surface area contributed by atoms with Crippen LogP contribution >= 0.6 is 43.5 Å². The van der Waals surface area contributed by atoms with Crippen LogP contribution < -0.4 is 0 Å². The lowest BCUT2D eigenvalue weighted by molar-refractivity contribution is -0.141. The standard InChI is InChI=1S/C15H25Br2ClO/c1-12(2)10(16)5-6-14(12,4)15(19)8-7-13(3,18)11(17)9-15/h10-11,19H,5-9H2,1-4H3/t10-,11-,13-,14+,15+/m0/s1. The van der Waals surface area contributed by atoms with E-state index in [1.807, 2.05) is 0 Å². The Kier molecular flexibility index (Phi) is 4.24. The molecule has 1 N–H and O–H groups in total. The molecule has 0 saturated heterocycles. The van der Waals surface area contributed by atoms with Crippen molar-refractivity contribution in [1.82, 2.24) is 0 Å². The summed E-state index contributed by atoms with van der Waals surface area (Å²) in [5, 5.41) is 11.4. The van der Waals surface area contributed by atoms with E-state index in [-0.39, 0.29) is 20.5 Å². The molecule has 1 nitrogen and oxygen atoms in total. The Hall–Kier alpha value is 1.21. The number of alkyl halides is 3. The Balaban J connectivity index is 2.31. The van der Waals surface area contributed by atoms with E-state index in [4.69, 9.17) is 11.6 Å². The molecule has 0 bridgehead atoms. The number of rotatable bonds is 1. The predicted molar refractivity (Wildman–Crippen MR) is 89.6 cm³/mol. The van der Waals surface area contributed by atoms with Crippen LogP contribution in [0.15, 0.2) is 0 Å². The second-order valence-corrected chi connectivity index (χ2v) is 10.6.